The third-order valence-corrected chi connectivity index (χ3v) is 3.00. The number of aryl methyl sites for hydroxylation is 2. The lowest BCUT2D eigenvalue weighted by Crippen LogP contribution is -2.38. The van der Waals surface area contributed by atoms with Gasteiger partial charge in [0.15, 0.2) is 0 Å². The van der Waals surface area contributed by atoms with Gasteiger partial charge in [-0.15, -0.1) is 0 Å². The van der Waals surface area contributed by atoms with E-state index in [1.54, 1.807) is 0 Å². The molecule has 0 aliphatic heterocycles. The van der Waals surface area contributed by atoms with E-state index in [-0.39, 0.29) is 25.0 Å². The molecule has 0 aromatic heterocycles. The van der Waals surface area contributed by atoms with Gasteiger partial charge in [0, 0.05) is 6.54 Å². The molecule has 0 bridgehead atoms. The molecule has 2 amide bonds. The molecule has 19 heavy (non-hydrogen) atoms. The van der Waals surface area contributed by atoms with Crippen molar-refractivity contribution in [3.63, 3.8) is 0 Å². The number of carboxylic acid groups (broad SMARTS) is 1. The lowest BCUT2D eigenvalue weighted by molar-refractivity contribution is -0.136. The van der Waals surface area contributed by atoms with E-state index in [9.17, 15) is 9.59 Å². The van der Waals surface area contributed by atoms with Crippen LogP contribution in [-0.4, -0.2) is 23.7 Å². The Balaban J connectivity index is 2.49. The van der Waals surface area contributed by atoms with Crippen LogP contribution >= 0.6 is 0 Å². The van der Waals surface area contributed by atoms with E-state index < -0.39 is 5.97 Å². The minimum Gasteiger partial charge on any atom is -0.481 e. The zero-order chi connectivity index (χ0) is 14.4. The molecular formula is C14H20N2O3. The maximum atomic E-state index is 11.5. The number of hydrogen-bond acceptors (Lipinski definition) is 2. The van der Waals surface area contributed by atoms with Gasteiger partial charge in [0.2, 0.25) is 0 Å². The molecule has 0 saturated heterocycles. The third-order valence-electron chi connectivity index (χ3n) is 3.00. The molecule has 0 fully saturated rings. The highest BCUT2D eigenvalue weighted by Gasteiger charge is 2.10. The molecule has 0 saturated carbocycles. The van der Waals surface area contributed by atoms with Crippen LogP contribution in [0.3, 0.4) is 0 Å². The minimum atomic E-state index is -0.928. The van der Waals surface area contributed by atoms with E-state index in [0.717, 1.165) is 5.56 Å². The van der Waals surface area contributed by atoms with Crippen molar-refractivity contribution < 1.29 is 14.7 Å². The normalized spacial score (nSPS) is 11.7. The summed E-state index contributed by atoms with van der Waals surface area (Å²) in [5.41, 5.74) is 3.41. The van der Waals surface area contributed by atoms with Crippen LogP contribution in [0, 0.1) is 13.8 Å². The largest absolute Gasteiger partial charge is 0.481 e. The molecule has 1 aromatic carbocycles. The van der Waals surface area contributed by atoms with Crippen LogP contribution in [0.2, 0.25) is 0 Å². The smallest absolute Gasteiger partial charge is 0.315 e. The second-order valence-electron chi connectivity index (χ2n) is 4.61. The second kappa shape index (κ2) is 6.78. The number of aliphatic carboxylic acids is 1. The molecular weight excluding hydrogens is 244 g/mol. The average Bonchev–Trinajstić information content (AvgIpc) is 2.32. The molecule has 0 heterocycles. The van der Waals surface area contributed by atoms with Gasteiger partial charge < -0.3 is 15.7 Å². The van der Waals surface area contributed by atoms with Crippen molar-refractivity contribution in [2.45, 2.75) is 33.2 Å². The summed E-state index contributed by atoms with van der Waals surface area (Å²) in [6, 6.07) is 5.56. The van der Waals surface area contributed by atoms with Crippen molar-refractivity contribution in [1.29, 1.82) is 0 Å². The highest BCUT2D eigenvalue weighted by Crippen LogP contribution is 2.16. The SMILES string of the molecule is Cc1ccc(C(C)NC(=O)NCCC(=O)O)cc1C. The van der Waals surface area contributed by atoms with Crippen LogP contribution in [0.15, 0.2) is 18.2 Å². The van der Waals surface area contributed by atoms with Crippen LogP contribution in [0.4, 0.5) is 4.79 Å². The van der Waals surface area contributed by atoms with Crippen molar-refractivity contribution in [1.82, 2.24) is 10.6 Å². The Hall–Kier alpha value is -2.04. The van der Waals surface area contributed by atoms with Crippen molar-refractivity contribution in [2.75, 3.05) is 6.54 Å². The summed E-state index contributed by atoms with van der Waals surface area (Å²) in [6.07, 6.45) is -0.0779. The van der Waals surface area contributed by atoms with Gasteiger partial charge in [-0.1, -0.05) is 18.2 Å². The summed E-state index contributed by atoms with van der Waals surface area (Å²) in [6.45, 7) is 6.08. The van der Waals surface area contributed by atoms with Crippen molar-refractivity contribution >= 4 is 12.0 Å². The molecule has 1 rings (SSSR count). The van der Waals surface area contributed by atoms with E-state index in [0.29, 0.717) is 0 Å². The molecule has 3 N–H and O–H groups in total. The highest BCUT2D eigenvalue weighted by molar-refractivity contribution is 5.75. The van der Waals surface area contributed by atoms with Gasteiger partial charge in [0.05, 0.1) is 12.5 Å². The fourth-order valence-corrected chi connectivity index (χ4v) is 1.65. The molecule has 0 radical (unpaired) electrons. The minimum absolute atomic E-state index is 0.0779. The Morgan fingerprint density at radius 2 is 1.95 bits per heavy atom. The monoisotopic (exact) mass is 264 g/mol. The summed E-state index contributed by atoms with van der Waals surface area (Å²) in [4.78, 5) is 21.9. The van der Waals surface area contributed by atoms with Gasteiger partial charge >= 0.3 is 12.0 Å². The van der Waals surface area contributed by atoms with E-state index >= 15 is 0 Å². The number of rotatable bonds is 5. The number of benzene rings is 1. The van der Waals surface area contributed by atoms with Gasteiger partial charge in [0.25, 0.3) is 0 Å². The lowest BCUT2D eigenvalue weighted by atomic mass is 10.0. The second-order valence-corrected chi connectivity index (χ2v) is 4.61. The molecule has 1 unspecified atom stereocenters. The predicted octanol–water partition coefficient (Wildman–Crippen LogP) is 2.14. The third kappa shape index (κ3) is 4.99. The summed E-state index contributed by atoms with van der Waals surface area (Å²) in [5, 5.41) is 13.8. The Kier molecular flexibility index (Phi) is 5.36. The number of hydrogen-bond donors (Lipinski definition) is 3. The Morgan fingerprint density at radius 3 is 2.53 bits per heavy atom. The number of nitrogens with one attached hydrogen (secondary N) is 2. The van der Waals surface area contributed by atoms with Gasteiger partial charge in [-0.2, -0.15) is 0 Å². The Bertz CT molecular complexity index is 472. The first kappa shape index (κ1) is 15.0. The molecule has 0 aliphatic carbocycles. The molecule has 5 nitrogen and oxygen atoms in total. The first-order chi connectivity index (χ1) is 8.90. The van der Waals surface area contributed by atoms with Gasteiger partial charge in [-0.05, 0) is 37.5 Å². The number of urea groups is 1. The zero-order valence-electron chi connectivity index (χ0n) is 11.5. The first-order valence-corrected chi connectivity index (χ1v) is 6.23. The molecule has 1 atom stereocenters. The van der Waals surface area contributed by atoms with Crippen molar-refractivity contribution in [3.8, 4) is 0 Å². The summed E-state index contributed by atoms with van der Waals surface area (Å²) in [5.74, 6) is -0.928. The molecule has 0 aliphatic rings. The van der Waals surface area contributed by atoms with Crippen LogP contribution in [0.25, 0.3) is 0 Å². The topological polar surface area (TPSA) is 78.4 Å². The van der Waals surface area contributed by atoms with Crippen LogP contribution in [-0.2, 0) is 4.79 Å². The summed E-state index contributed by atoms with van der Waals surface area (Å²) in [7, 11) is 0. The quantitative estimate of drug-likeness (QED) is 0.762. The van der Waals surface area contributed by atoms with E-state index in [1.807, 2.05) is 39.0 Å². The molecule has 104 valence electrons. The van der Waals surface area contributed by atoms with Crippen molar-refractivity contribution in [2.24, 2.45) is 0 Å². The Labute approximate surface area is 113 Å². The average molecular weight is 264 g/mol. The summed E-state index contributed by atoms with van der Waals surface area (Å²) >= 11 is 0. The van der Waals surface area contributed by atoms with E-state index in [1.165, 1.54) is 11.1 Å². The van der Waals surface area contributed by atoms with Gasteiger partial charge in [-0.3, -0.25) is 4.79 Å². The molecule has 1 aromatic rings. The van der Waals surface area contributed by atoms with E-state index in [2.05, 4.69) is 10.6 Å². The standard InChI is InChI=1S/C14H20N2O3/c1-9-4-5-12(8-10(9)2)11(3)16-14(19)15-7-6-13(17)18/h4-5,8,11H,6-7H2,1-3H3,(H,17,18)(H2,15,16,19). The van der Waals surface area contributed by atoms with Crippen LogP contribution < -0.4 is 10.6 Å². The number of carbonyl (C=O) groups is 2. The van der Waals surface area contributed by atoms with Crippen molar-refractivity contribution in [3.05, 3.63) is 34.9 Å². The maximum absolute atomic E-state index is 11.5. The fourth-order valence-electron chi connectivity index (χ4n) is 1.65. The number of carbonyl (C=O) groups excluding carboxylic acids is 1. The molecule has 0 spiro atoms. The fraction of sp³-hybridized carbons (Fsp3) is 0.429. The van der Waals surface area contributed by atoms with Crippen LogP contribution in [0.5, 0.6) is 0 Å². The summed E-state index contributed by atoms with van der Waals surface area (Å²) < 4.78 is 0. The molecule has 5 heteroatoms. The zero-order valence-corrected chi connectivity index (χ0v) is 11.5. The number of amides is 2. The highest BCUT2D eigenvalue weighted by atomic mass is 16.4. The Morgan fingerprint density at radius 1 is 1.26 bits per heavy atom. The maximum Gasteiger partial charge on any atom is 0.315 e. The van der Waals surface area contributed by atoms with Crippen LogP contribution in [0.1, 0.15) is 36.1 Å². The van der Waals surface area contributed by atoms with Gasteiger partial charge in [-0.25, -0.2) is 4.79 Å². The van der Waals surface area contributed by atoms with E-state index in [4.69, 9.17) is 5.11 Å². The first-order valence-electron chi connectivity index (χ1n) is 6.23. The predicted molar refractivity (Wildman–Crippen MR) is 73.1 cm³/mol. The number of carboxylic acids is 1. The lowest BCUT2D eigenvalue weighted by Gasteiger charge is -2.16. The van der Waals surface area contributed by atoms with Gasteiger partial charge in [0.1, 0.15) is 0 Å².